The molecule has 11 heteroatoms. The molecule has 4 rings (SSSR count). The summed E-state index contributed by atoms with van der Waals surface area (Å²) in [4.78, 5) is 21.9. The number of para-hydroxylation sites is 1. The van der Waals surface area contributed by atoms with Gasteiger partial charge in [0.25, 0.3) is 15.9 Å². The summed E-state index contributed by atoms with van der Waals surface area (Å²) in [6.07, 6.45) is 4.06. The lowest BCUT2D eigenvalue weighted by Gasteiger charge is -2.45. The largest absolute Gasteiger partial charge is 0.496 e. The van der Waals surface area contributed by atoms with Crippen LogP contribution in [0.1, 0.15) is 35.7 Å². The van der Waals surface area contributed by atoms with Crippen molar-refractivity contribution in [2.75, 3.05) is 32.2 Å². The molecule has 2 aromatic carbocycles. The van der Waals surface area contributed by atoms with Crippen molar-refractivity contribution in [3.05, 3.63) is 84.2 Å². The highest BCUT2D eigenvalue weighted by molar-refractivity contribution is 7.89. The second-order valence-corrected chi connectivity index (χ2v) is 10.7. The van der Waals surface area contributed by atoms with E-state index in [0.29, 0.717) is 31.7 Å². The first-order chi connectivity index (χ1) is 17.9. The summed E-state index contributed by atoms with van der Waals surface area (Å²) >= 11 is 0. The van der Waals surface area contributed by atoms with Gasteiger partial charge in [0.15, 0.2) is 5.37 Å². The third kappa shape index (κ3) is 5.58. The Bertz CT molecular complexity index is 1280. The summed E-state index contributed by atoms with van der Waals surface area (Å²) in [6, 6.07) is 17.9. The Kier molecular flexibility index (Phi) is 8.37. The number of benzene rings is 2. The molecule has 0 bridgehead atoms. The molecule has 196 valence electrons. The molecule has 1 atom stereocenters. The van der Waals surface area contributed by atoms with Gasteiger partial charge in [-0.3, -0.25) is 10.2 Å². The lowest BCUT2D eigenvalue weighted by molar-refractivity contribution is 0.0920. The fraction of sp³-hybridized carbons (Fsp3) is 0.346. The van der Waals surface area contributed by atoms with E-state index in [1.807, 2.05) is 30.3 Å². The molecule has 1 aromatic heterocycles. The van der Waals surface area contributed by atoms with Crippen LogP contribution in [0.3, 0.4) is 0 Å². The van der Waals surface area contributed by atoms with Crippen LogP contribution in [-0.2, 0) is 15.4 Å². The number of hydrazine groups is 1. The average molecular weight is 525 g/mol. The van der Waals surface area contributed by atoms with Crippen LogP contribution in [0.25, 0.3) is 0 Å². The third-order valence-electron chi connectivity index (χ3n) is 6.64. The van der Waals surface area contributed by atoms with Gasteiger partial charge in [0, 0.05) is 24.4 Å². The van der Waals surface area contributed by atoms with E-state index >= 15 is 0 Å². The van der Waals surface area contributed by atoms with Crippen molar-refractivity contribution < 1.29 is 17.9 Å². The van der Waals surface area contributed by atoms with Gasteiger partial charge in [-0.05, 0) is 56.6 Å². The molecule has 10 nitrogen and oxygen atoms in total. The lowest BCUT2D eigenvalue weighted by atomic mass is 9.72. The maximum absolute atomic E-state index is 14.4. The summed E-state index contributed by atoms with van der Waals surface area (Å²) in [5.74, 6) is -0.0351. The number of piperidine rings is 1. The summed E-state index contributed by atoms with van der Waals surface area (Å²) < 4.78 is 35.3. The van der Waals surface area contributed by atoms with Crippen molar-refractivity contribution >= 4 is 21.9 Å². The summed E-state index contributed by atoms with van der Waals surface area (Å²) in [7, 11) is -2.73. The van der Waals surface area contributed by atoms with Gasteiger partial charge in [-0.15, -0.1) is 4.41 Å². The lowest BCUT2D eigenvalue weighted by Crippen LogP contribution is -2.62. The Morgan fingerprint density at radius 1 is 1.05 bits per heavy atom. The zero-order valence-corrected chi connectivity index (χ0v) is 21.7. The second kappa shape index (κ2) is 11.7. The van der Waals surface area contributed by atoms with Gasteiger partial charge >= 0.3 is 0 Å². The summed E-state index contributed by atoms with van der Waals surface area (Å²) in [5.41, 5.74) is 3.03. The molecule has 1 saturated heterocycles. The number of amides is 1. The first-order valence-corrected chi connectivity index (χ1v) is 13.7. The SMILES string of the molecule is CCN(Nc1ncccn1)S(=O)(=O)C(NC(=O)c1ccccc1OC)C1(c2ccccc2)CCNCC1. The highest BCUT2D eigenvalue weighted by Gasteiger charge is 2.51. The number of hydrogen-bond donors (Lipinski definition) is 3. The molecule has 37 heavy (non-hydrogen) atoms. The minimum absolute atomic E-state index is 0.0880. The van der Waals surface area contributed by atoms with Gasteiger partial charge in [0.05, 0.1) is 12.7 Å². The van der Waals surface area contributed by atoms with E-state index in [2.05, 4.69) is 26.0 Å². The molecule has 2 heterocycles. The maximum Gasteiger partial charge on any atom is 0.256 e. The van der Waals surface area contributed by atoms with Crippen LogP contribution in [0, 0.1) is 0 Å². The van der Waals surface area contributed by atoms with E-state index in [9.17, 15) is 13.2 Å². The minimum Gasteiger partial charge on any atom is -0.496 e. The fourth-order valence-corrected chi connectivity index (χ4v) is 6.81. The van der Waals surface area contributed by atoms with Crippen LogP contribution < -0.4 is 20.8 Å². The molecule has 1 fully saturated rings. The van der Waals surface area contributed by atoms with Gasteiger partial charge < -0.3 is 15.4 Å². The number of anilines is 1. The minimum atomic E-state index is -4.20. The molecule has 0 spiro atoms. The number of ether oxygens (including phenoxy) is 1. The van der Waals surface area contributed by atoms with Crippen LogP contribution >= 0.6 is 0 Å². The first-order valence-electron chi connectivity index (χ1n) is 12.2. The van der Waals surface area contributed by atoms with Gasteiger partial charge in [-0.1, -0.05) is 42.5 Å². The maximum atomic E-state index is 14.4. The van der Waals surface area contributed by atoms with Crippen LogP contribution in [0.5, 0.6) is 5.75 Å². The molecule has 1 amide bonds. The Hall–Kier alpha value is -3.54. The normalized spacial score (nSPS) is 16.1. The van der Waals surface area contributed by atoms with Crippen molar-refractivity contribution in [3.8, 4) is 5.75 Å². The predicted molar refractivity (Wildman–Crippen MR) is 141 cm³/mol. The number of sulfonamides is 1. The molecule has 0 saturated carbocycles. The van der Waals surface area contributed by atoms with Crippen LogP contribution in [0.4, 0.5) is 5.95 Å². The zero-order chi connectivity index (χ0) is 26.3. The number of hydrogen-bond acceptors (Lipinski definition) is 8. The van der Waals surface area contributed by atoms with Crippen molar-refractivity contribution in [1.29, 1.82) is 0 Å². The zero-order valence-electron chi connectivity index (χ0n) is 20.9. The summed E-state index contributed by atoms with van der Waals surface area (Å²) in [6.45, 7) is 3.01. The molecule has 0 aliphatic carbocycles. The number of carbonyl (C=O) groups excluding carboxylic acids is 1. The fourth-order valence-electron chi connectivity index (χ4n) is 4.79. The van der Waals surface area contributed by atoms with E-state index in [-0.39, 0.29) is 18.1 Å². The Morgan fingerprint density at radius 2 is 1.70 bits per heavy atom. The van der Waals surface area contributed by atoms with E-state index in [4.69, 9.17) is 4.74 Å². The van der Waals surface area contributed by atoms with Crippen molar-refractivity contribution in [1.82, 2.24) is 25.0 Å². The standard InChI is InChI=1S/C26H32N6O4S/c1-3-32(31-25-28-16-9-17-29-25)37(34,35)24(30-23(33)21-12-7-8-13-22(21)36-2)26(14-18-27-19-15-26)20-10-5-4-6-11-20/h4-13,16-17,24,27H,3,14-15,18-19H2,1-2H3,(H,30,33)(H,28,29,31). The quantitative estimate of drug-likeness (QED) is 0.346. The number of methoxy groups -OCH3 is 1. The molecular formula is C26H32N6O4S. The van der Waals surface area contributed by atoms with E-state index in [1.54, 1.807) is 37.3 Å². The number of carbonyl (C=O) groups is 1. The summed E-state index contributed by atoms with van der Waals surface area (Å²) in [5, 5.41) is 4.93. The smallest absolute Gasteiger partial charge is 0.256 e. The highest BCUT2D eigenvalue weighted by atomic mass is 32.2. The molecule has 1 aliphatic heterocycles. The van der Waals surface area contributed by atoms with Gasteiger partial charge in [0.2, 0.25) is 5.95 Å². The number of aromatic nitrogens is 2. The molecule has 0 radical (unpaired) electrons. The van der Waals surface area contributed by atoms with Crippen LogP contribution in [-0.4, -0.2) is 60.8 Å². The van der Waals surface area contributed by atoms with Gasteiger partial charge in [-0.2, -0.15) is 0 Å². The van der Waals surface area contributed by atoms with Crippen LogP contribution in [0.15, 0.2) is 73.1 Å². The predicted octanol–water partition coefficient (Wildman–Crippen LogP) is 2.54. The Labute approximate surface area is 217 Å². The monoisotopic (exact) mass is 524 g/mol. The average Bonchev–Trinajstić information content (AvgIpc) is 2.95. The van der Waals surface area contributed by atoms with Crippen molar-refractivity contribution in [3.63, 3.8) is 0 Å². The molecule has 1 aliphatic rings. The topological polar surface area (TPSA) is 126 Å². The molecule has 3 aromatic rings. The van der Waals surface area contributed by atoms with E-state index in [0.717, 1.165) is 9.98 Å². The number of rotatable bonds is 10. The highest BCUT2D eigenvalue weighted by Crippen LogP contribution is 2.40. The van der Waals surface area contributed by atoms with E-state index in [1.165, 1.54) is 19.5 Å². The Morgan fingerprint density at radius 3 is 2.35 bits per heavy atom. The molecule has 1 unspecified atom stereocenters. The van der Waals surface area contributed by atoms with Gasteiger partial charge in [0.1, 0.15) is 5.75 Å². The van der Waals surface area contributed by atoms with Crippen molar-refractivity contribution in [2.45, 2.75) is 30.6 Å². The molecule has 3 N–H and O–H groups in total. The second-order valence-electron chi connectivity index (χ2n) is 8.72. The number of nitrogens with zero attached hydrogens (tertiary/aromatic N) is 3. The van der Waals surface area contributed by atoms with Gasteiger partial charge in [-0.25, -0.2) is 18.4 Å². The van der Waals surface area contributed by atoms with Crippen molar-refractivity contribution in [2.24, 2.45) is 0 Å². The van der Waals surface area contributed by atoms with E-state index < -0.39 is 26.7 Å². The Balaban J connectivity index is 1.82. The first kappa shape index (κ1) is 26.5. The van der Waals surface area contributed by atoms with Crippen LogP contribution in [0.2, 0.25) is 0 Å². The molecular weight excluding hydrogens is 492 g/mol. The number of nitrogens with one attached hydrogen (secondary N) is 3. The third-order valence-corrected chi connectivity index (χ3v) is 8.77.